The predicted molar refractivity (Wildman–Crippen MR) is 118 cm³/mol. The van der Waals surface area contributed by atoms with Crippen molar-refractivity contribution in [1.29, 1.82) is 0 Å². The third-order valence-corrected chi connectivity index (χ3v) is 8.33. The molecule has 2 aromatic carbocycles. The van der Waals surface area contributed by atoms with Crippen LogP contribution in [0.5, 0.6) is 0 Å². The molecule has 1 N–H and O–H groups in total. The van der Waals surface area contributed by atoms with Gasteiger partial charge in [0.15, 0.2) is 9.84 Å². The zero-order valence-electron chi connectivity index (χ0n) is 17.2. The molecule has 0 unspecified atom stereocenters. The van der Waals surface area contributed by atoms with Crippen LogP contribution in [0.15, 0.2) is 64.4 Å². The fourth-order valence-corrected chi connectivity index (χ4v) is 5.07. The van der Waals surface area contributed by atoms with Crippen molar-refractivity contribution in [2.75, 3.05) is 24.2 Å². The molecule has 0 bridgehead atoms. The molecule has 162 valence electrons. The Kier molecular flexibility index (Phi) is 7.94. The van der Waals surface area contributed by atoms with Crippen LogP contribution in [0.2, 0.25) is 0 Å². The summed E-state index contributed by atoms with van der Waals surface area (Å²) >= 11 is 0. The fraction of sp³-hybridized carbons (Fsp3) is 0.286. The summed E-state index contributed by atoms with van der Waals surface area (Å²) in [6.45, 7) is 5.93. The van der Waals surface area contributed by atoms with E-state index in [4.69, 9.17) is 0 Å². The molecule has 7 nitrogen and oxygen atoms in total. The first-order valence-electron chi connectivity index (χ1n) is 9.56. The van der Waals surface area contributed by atoms with E-state index in [9.17, 15) is 21.6 Å². The number of carbonyl (C=O) groups is 1. The second-order valence-electron chi connectivity index (χ2n) is 6.41. The van der Waals surface area contributed by atoms with Crippen LogP contribution in [0.4, 0.5) is 5.69 Å². The number of carbonyl (C=O) groups excluding carboxylic acids is 1. The van der Waals surface area contributed by atoms with Gasteiger partial charge in [0.1, 0.15) is 0 Å². The Morgan fingerprint density at radius 3 is 1.90 bits per heavy atom. The summed E-state index contributed by atoms with van der Waals surface area (Å²) in [4.78, 5) is 12.5. The van der Waals surface area contributed by atoms with Gasteiger partial charge in [0.2, 0.25) is 15.9 Å². The second-order valence-corrected chi connectivity index (χ2v) is 10.6. The molecule has 9 heteroatoms. The monoisotopic (exact) mass is 450 g/mol. The van der Waals surface area contributed by atoms with E-state index in [1.165, 1.54) is 46.8 Å². The number of amides is 1. The van der Waals surface area contributed by atoms with Gasteiger partial charge in [-0.2, -0.15) is 4.31 Å². The molecule has 2 rings (SSSR count). The largest absolute Gasteiger partial charge is 0.323 e. The number of nitrogens with one attached hydrogen (secondary N) is 1. The van der Waals surface area contributed by atoms with Crippen molar-refractivity contribution < 1.29 is 21.6 Å². The number of anilines is 1. The van der Waals surface area contributed by atoms with Crippen LogP contribution in [-0.4, -0.2) is 45.9 Å². The quantitative estimate of drug-likeness (QED) is 0.592. The van der Waals surface area contributed by atoms with Crippen LogP contribution in [-0.2, 0) is 24.7 Å². The van der Waals surface area contributed by atoms with Crippen molar-refractivity contribution in [3.05, 3.63) is 60.2 Å². The number of nitrogens with zero attached hydrogens (tertiary/aromatic N) is 1. The number of benzene rings is 2. The van der Waals surface area contributed by atoms with Gasteiger partial charge in [-0.3, -0.25) is 4.79 Å². The summed E-state index contributed by atoms with van der Waals surface area (Å²) in [5.41, 5.74) is 1.15. The third kappa shape index (κ3) is 5.78. The zero-order valence-corrected chi connectivity index (χ0v) is 18.8. The molecule has 0 fully saturated rings. The molecule has 0 saturated carbocycles. The zero-order chi connectivity index (χ0) is 22.4. The standard InChI is InChI=1S/C21H26N2O5S2/c1-4-23(5-2)30(27,28)20-12-7-17(8-13-20)9-16-21(24)22-18-10-14-19(15-11-18)29(25,26)6-3/h7-16H,4-6H2,1-3H3,(H,22,24)/b16-9+. The van der Waals surface area contributed by atoms with E-state index in [1.54, 1.807) is 39.0 Å². The van der Waals surface area contributed by atoms with Gasteiger partial charge in [0.25, 0.3) is 0 Å². The molecule has 0 atom stereocenters. The Bertz CT molecular complexity index is 1100. The van der Waals surface area contributed by atoms with E-state index in [0.29, 0.717) is 24.3 Å². The highest BCUT2D eigenvalue weighted by Gasteiger charge is 2.20. The summed E-state index contributed by atoms with van der Waals surface area (Å²) in [6, 6.07) is 12.2. The van der Waals surface area contributed by atoms with Crippen LogP contribution in [0.3, 0.4) is 0 Å². The molecule has 0 radical (unpaired) electrons. The van der Waals surface area contributed by atoms with E-state index in [-0.39, 0.29) is 21.5 Å². The summed E-state index contributed by atoms with van der Waals surface area (Å²) in [6.07, 6.45) is 2.89. The van der Waals surface area contributed by atoms with Crippen LogP contribution < -0.4 is 5.32 Å². The van der Waals surface area contributed by atoms with Crippen LogP contribution >= 0.6 is 0 Å². The van der Waals surface area contributed by atoms with Gasteiger partial charge < -0.3 is 5.32 Å². The number of sulfone groups is 1. The average Bonchev–Trinajstić information content (AvgIpc) is 2.73. The first-order valence-corrected chi connectivity index (χ1v) is 12.6. The van der Waals surface area contributed by atoms with Gasteiger partial charge in [0, 0.05) is 24.9 Å². The van der Waals surface area contributed by atoms with Gasteiger partial charge in [-0.1, -0.05) is 32.9 Å². The van der Waals surface area contributed by atoms with Gasteiger partial charge in [0.05, 0.1) is 15.5 Å². The predicted octanol–water partition coefficient (Wildman–Crippen LogP) is 3.16. The van der Waals surface area contributed by atoms with Crippen LogP contribution in [0.1, 0.15) is 26.3 Å². The van der Waals surface area contributed by atoms with Gasteiger partial charge in [-0.25, -0.2) is 16.8 Å². The van der Waals surface area contributed by atoms with Gasteiger partial charge in [-0.15, -0.1) is 0 Å². The maximum Gasteiger partial charge on any atom is 0.248 e. The SMILES string of the molecule is CCN(CC)S(=O)(=O)c1ccc(/C=C/C(=O)Nc2ccc(S(=O)(=O)CC)cc2)cc1. The first kappa shape index (κ1) is 23.8. The smallest absolute Gasteiger partial charge is 0.248 e. The molecule has 0 aliphatic rings. The van der Waals surface area contributed by atoms with Crippen LogP contribution in [0, 0.1) is 0 Å². The maximum absolute atomic E-state index is 12.5. The van der Waals surface area contributed by atoms with Gasteiger partial charge in [-0.05, 0) is 48.0 Å². The molecule has 0 aliphatic carbocycles. The average molecular weight is 451 g/mol. The lowest BCUT2D eigenvalue weighted by atomic mass is 10.2. The number of rotatable bonds is 9. The fourth-order valence-electron chi connectivity index (χ4n) is 2.73. The summed E-state index contributed by atoms with van der Waals surface area (Å²) < 4.78 is 50.0. The van der Waals surface area contributed by atoms with Crippen molar-refractivity contribution in [3.8, 4) is 0 Å². The molecule has 2 aromatic rings. The molecule has 0 aromatic heterocycles. The van der Waals surface area contributed by atoms with Crippen LogP contribution in [0.25, 0.3) is 6.08 Å². The van der Waals surface area contributed by atoms with E-state index in [0.717, 1.165) is 0 Å². The number of hydrogen-bond acceptors (Lipinski definition) is 5. The highest BCUT2D eigenvalue weighted by molar-refractivity contribution is 7.91. The molecule has 0 aliphatic heterocycles. The van der Waals surface area contributed by atoms with E-state index >= 15 is 0 Å². The highest BCUT2D eigenvalue weighted by atomic mass is 32.2. The summed E-state index contributed by atoms with van der Waals surface area (Å²) in [5, 5.41) is 2.65. The Balaban J connectivity index is 2.05. The van der Waals surface area contributed by atoms with E-state index < -0.39 is 19.9 Å². The van der Waals surface area contributed by atoms with E-state index in [2.05, 4.69) is 5.32 Å². The topological polar surface area (TPSA) is 101 Å². The Morgan fingerprint density at radius 2 is 1.40 bits per heavy atom. The minimum Gasteiger partial charge on any atom is -0.323 e. The Hall–Kier alpha value is -2.49. The third-order valence-electron chi connectivity index (χ3n) is 4.51. The minimum absolute atomic E-state index is 0.0104. The van der Waals surface area contributed by atoms with Gasteiger partial charge >= 0.3 is 0 Å². The molecule has 30 heavy (non-hydrogen) atoms. The molecule has 0 spiro atoms. The Morgan fingerprint density at radius 1 is 0.867 bits per heavy atom. The maximum atomic E-state index is 12.5. The molecular formula is C21H26N2O5S2. The second kappa shape index (κ2) is 10.0. The summed E-state index contributed by atoms with van der Waals surface area (Å²) in [7, 11) is -6.80. The molecule has 1 amide bonds. The molecule has 0 saturated heterocycles. The van der Waals surface area contributed by atoms with Crippen molar-refractivity contribution in [2.24, 2.45) is 0 Å². The van der Waals surface area contributed by atoms with Crippen molar-refractivity contribution in [3.63, 3.8) is 0 Å². The molecular weight excluding hydrogens is 424 g/mol. The van der Waals surface area contributed by atoms with E-state index in [1.807, 2.05) is 0 Å². The normalized spacial score (nSPS) is 12.4. The minimum atomic E-state index is -3.52. The highest BCUT2D eigenvalue weighted by Crippen LogP contribution is 2.17. The number of hydrogen-bond donors (Lipinski definition) is 1. The lowest BCUT2D eigenvalue weighted by Gasteiger charge is -2.18. The lowest BCUT2D eigenvalue weighted by Crippen LogP contribution is -2.30. The lowest BCUT2D eigenvalue weighted by molar-refractivity contribution is -0.111. The van der Waals surface area contributed by atoms with Crippen molar-refractivity contribution in [2.45, 2.75) is 30.6 Å². The molecule has 0 heterocycles. The van der Waals surface area contributed by atoms with Crippen molar-refractivity contribution in [1.82, 2.24) is 4.31 Å². The van der Waals surface area contributed by atoms with Crippen molar-refractivity contribution >= 4 is 37.5 Å². The summed E-state index contributed by atoms with van der Waals surface area (Å²) in [5.74, 6) is -0.378. The number of sulfonamides is 1. The first-order chi connectivity index (χ1) is 14.1. The Labute approximate surface area is 178 Å².